The van der Waals surface area contributed by atoms with Gasteiger partial charge in [-0.1, -0.05) is 18.2 Å². The van der Waals surface area contributed by atoms with Gasteiger partial charge in [-0.3, -0.25) is 4.99 Å². The smallest absolute Gasteiger partial charge is 0.131 e. The first-order chi connectivity index (χ1) is 9.24. The van der Waals surface area contributed by atoms with Crippen LogP contribution in [0.1, 0.15) is 11.1 Å². The molecule has 0 saturated carbocycles. The van der Waals surface area contributed by atoms with Crippen LogP contribution < -0.4 is 9.47 Å². The number of rotatable bonds is 4. The van der Waals surface area contributed by atoms with E-state index >= 15 is 0 Å². The Morgan fingerprint density at radius 1 is 1.00 bits per heavy atom. The van der Waals surface area contributed by atoms with E-state index in [1.807, 2.05) is 49.4 Å². The quantitative estimate of drug-likeness (QED) is 0.779. The molecular weight excluding hydrogens is 238 g/mol. The first-order valence-electron chi connectivity index (χ1n) is 6.06. The monoisotopic (exact) mass is 255 g/mol. The van der Waals surface area contributed by atoms with Crippen molar-refractivity contribution in [3.63, 3.8) is 0 Å². The van der Waals surface area contributed by atoms with Gasteiger partial charge in [0, 0.05) is 17.8 Å². The molecule has 2 rings (SSSR count). The van der Waals surface area contributed by atoms with E-state index in [-0.39, 0.29) is 0 Å². The van der Waals surface area contributed by atoms with E-state index in [1.54, 1.807) is 20.4 Å². The number of ether oxygens (including phenoxy) is 2. The molecule has 0 atom stereocenters. The zero-order valence-corrected chi connectivity index (χ0v) is 11.4. The van der Waals surface area contributed by atoms with E-state index in [9.17, 15) is 0 Å². The van der Waals surface area contributed by atoms with Crippen molar-refractivity contribution in [1.82, 2.24) is 0 Å². The van der Waals surface area contributed by atoms with Gasteiger partial charge in [-0.05, 0) is 30.7 Å². The van der Waals surface area contributed by atoms with Gasteiger partial charge in [0.2, 0.25) is 0 Å². The first kappa shape index (κ1) is 13.1. The highest BCUT2D eigenvalue weighted by atomic mass is 16.5. The first-order valence-corrected chi connectivity index (χ1v) is 6.06. The lowest BCUT2D eigenvalue weighted by Crippen LogP contribution is -1.92. The number of benzene rings is 2. The number of nitrogens with zero attached hydrogens (tertiary/aromatic N) is 1. The van der Waals surface area contributed by atoms with Crippen LogP contribution in [-0.4, -0.2) is 20.4 Å². The maximum atomic E-state index is 5.34. The highest BCUT2D eigenvalue weighted by molar-refractivity contribution is 5.86. The minimum absolute atomic E-state index is 0.747. The van der Waals surface area contributed by atoms with Crippen LogP contribution in [0.15, 0.2) is 47.5 Å². The number of aliphatic imine (C=N–C) groups is 1. The molecular formula is C16H17NO2. The predicted molar refractivity (Wildman–Crippen MR) is 78.0 cm³/mol. The van der Waals surface area contributed by atoms with E-state index in [0.29, 0.717) is 0 Å². The van der Waals surface area contributed by atoms with Crippen molar-refractivity contribution in [3.8, 4) is 11.5 Å². The van der Waals surface area contributed by atoms with E-state index in [1.165, 1.54) is 0 Å². The van der Waals surface area contributed by atoms with Gasteiger partial charge in [0.15, 0.2) is 0 Å². The summed E-state index contributed by atoms with van der Waals surface area (Å²) < 4.78 is 10.5. The van der Waals surface area contributed by atoms with Crippen LogP contribution in [0.5, 0.6) is 11.5 Å². The summed E-state index contributed by atoms with van der Waals surface area (Å²) in [4.78, 5) is 4.49. The van der Waals surface area contributed by atoms with Crippen LogP contribution in [-0.2, 0) is 0 Å². The molecule has 0 spiro atoms. The largest absolute Gasteiger partial charge is 0.497 e. The predicted octanol–water partition coefficient (Wildman–Crippen LogP) is 3.76. The molecule has 0 aromatic heterocycles. The summed E-state index contributed by atoms with van der Waals surface area (Å²) in [6.45, 7) is 2.04. The molecule has 19 heavy (non-hydrogen) atoms. The molecule has 0 fully saturated rings. The highest BCUT2D eigenvalue weighted by Gasteiger charge is 2.02. The van der Waals surface area contributed by atoms with Gasteiger partial charge in [-0.25, -0.2) is 0 Å². The van der Waals surface area contributed by atoms with Crippen molar-refractivity contribution >= 4 is 11.9 Å². The second-order valence-electron chi connectivity index (χ2n) is 4.15. The Morgan fingerprint density at radius 3 is 2.47 bits per heavy atom. The van der Waals surface area contributed by atoms with E-state index < -0.39 is 0 Å². The molecule has 0 aliphatic carbocycles. The fraction of sp³-hybridized carbons (Fsp3) is 0.188. The summed E-state index contributed by atoms with van der Waals surface area (Å²) in [5.74, 6) is 1.52. The summed E-state index contributed by atoms with van der Waals surface area (Å²) in [5, 5.41) is 0. The molecule has 3 heteroatoms. The Kier molecular flexibility index (Phi) is 4.18. The molecule has 2 aromatic rings. The number of para-hydroxylation sites is 1. The van der Waals surface area contributed by atoms with Gasteiger partial charge in [0.1, 0.15) is 11.5 Å². The third-order valence-electron chi connectivity index (χ3n) is 2.90. The number of methoxy groups -OCH3 is 2. The van der Waals surface area contributed by atoms with Gasteiger partial charge < -0.3 is 9.47 Å². The maximum absolute atomic E-state index is 5.34. The van der Waals surface area contributed by atoms with Crippen LogP contribution in [0.25, 0.3) is 0 Å². The number of aryl methyl sites for hydroxylation is 1. The van der Waals surface area contributed by atoms with Gasteiger partial charge in [0.05, 0.1) is 19.9 Å². The molecule has 0 bridgehead atoms. The van der Waals surface area contributed by atoms with Crippen molar-refractivity contribution in [2.45, 2.75) is 6.92 Å². The third-order valence-corrected chi connectivity index (χ3v) is 2.90. The topological polar surface area (TPSA) is 30.8 Å². The van der Waals surface area contributed by atoms with Gasteiger partial charge in [0.25, 0.3) is 0 Å². The van der Waals surface area contributed by atoms with Gasteiger partial charge in [-0.15, -0.1) is 0 Å². The standard InChI is InChI=1S/C16H17NO2/c1-12-6-4-5-7-15(12)17-11-13-8-9-14(18-2)10-16(13)19-3/h4-11H,1-3H3. The van der Waals surface area contributed by atoms with Gasteiger partial charge in [-0.2, -0.15) is 0 Å². The molecule has 0 saturated heterocycles. The molecule has 0 amide bonds. The molecule has 0 aliphatic heterocycles. The van der Waals surface area contributed by atoms with Crippen molar-refractivity contribution in [1.29, 1.82) is 0 Å². The lowest BCUT2D eigenvalue weighted by atomic mass is 10.2. The highest BCUT2D eigenvalue weighted by Crippen LogP contribution is 2.24. The zero-order chi connectivity index (χ0) is 13.7. The summed E-state index contributed by atoms with van der Waals surface area (Å²) in [5.41, 5.74) is 3.03. The Bertz CT molecular complexity index is 591. The van der Waals surface area contributed by atoms with Crippen molar-refractivity contribution < 1.29 is 9.47 Å². The summed E-state index contributed by atoms with van der Waals surface area (Å²) in [6.07, 6.45) is 1.81. The average Bonchev–Trinajstić information content (AvgIpc) is 2.46. The summed E-state index contributed by atoms with van der Waals surface area (Å²) in [6, 6.07) is 13.7. The van der Waals surface area contributed by atoms with E-state index in [2.05, 4.69) is 4.99 Å². The molecule has 0 radical (unpaired) electrons. The van der Waals surface area contributed by atoms with Crippen LogP contribution in [0.4, 0.5) is 5.69 Å². The number of hydrogen-bond donors (Lipinski definition) is 0. The van der Waals surface area contributed by atoms with E-state index in [4.69, 9.17) is 9.47 Å². The fourth-order valence-corrected chi connectivity index (χ4v) is 1.77. The minimum Gasteiger partial charge on any atom is -0.497 e. The van der Waals surface area contributed by atoms with E-state index in [0.717, 1.165) is 28.3 Å². The van der Waals surface area contributed by atoms with Crippen LogP contribution in [0.2, 0.25) is 0 Å². The molecule has 2 aromatic carbocycles. The Hall–Kier alpha value is -2.29. The SMILES string of the molecule is COc1ccc(C=Nc2ccccc2C)c(OC)c1. The molecule has 98 valence electrons. The Labute approximate surface area is 113 Å². The normalized spacial score (nSPS) is 10.7. The summed E-state index contributed by atoms with van der Waals surface area (Å²) >= 11 is 0. The molecule has 0 heterocycles. The van der Waals surface area contributed by atoms with Crippen LogP contribution in [0, 0.1) is 6.92 Å². The van der Waals surface area contributed by atoms with Crippen LogP contribution in [0.3, 0.4) is 0 Å². The second-order valence-corrected chi connectivity index (χ2v) is 4.15. The Morgan fingerprint density at radius 2 is 1.79 bits per heavy atom. The summed E-state index contributed by atoms with van der Waals surface area (Å²) in [7, 11) is 3.27. The second kappa shape index (κ2) is 6.05. The minimum atomic E-state index is 0.747. The Balaban J connectivity index is 2.30. The van der Waals surface area contributed by atoms with Crippen LogP contribution >= 0.6 is 0 Å². The molecule has 0 N–H and O–H groups in total. The molecule has 3 nitrogen and oxygen atoms in total. The molecule has 0 aliphatic rings. The lowest BCUT2D eigenvalue weighted by molar-refractivity contribution is 0.394. The molecule has 0 unspecified atom stereocenters. The lowest BCUT2D eigenvalue weighted by Gasteiger charge is -2.07. The maximum Gasteiger partial charge on any atom is 0.131 e. The van der Waals surface area contributed by atoms with Crippen molar-refractivity contribution in [2.75, 3.05) is 14.2 Å². The van der Waals surface area contributed by atoms with Crippen molar-refractivity contribution in [2.24, 2.45) is 4.99 Å². The number of hydrogen-bond acceptors (Lipinski definition) is 3. The van der Waals surface area contributed by atoms with Gasteiger partial charge >= 0.3 is 0 Å². The zero-order valence-electron chi connectivity index (χ0n) is 11.4. The third kappa shape index (κ3) is 3.13. The average molecular weight is 255 g/mol. The van der Waals surface area contributed by atoms with Crippen molar-refractivity contribution in [3.05, 3.63) is 53.6 Å². The fourth-order valence-electron chi connectivity index (χ4n) is 1.77.